The third-order valence-corrected chi connectivity index (χ3v) is 7.06. The smallest absolute Gasteiger partial charge is 0.150 e. The summed E-state index contributed by atoms with van der Waals surface area (Å²) in [6, 6.07) is 39.1. The number of para-hydroxylation sites is 3. The van der Waals surface area contributed by atoms with Crippen LogP contribution in [0.2, 0.25) is 0 Å². The summed E-state index contributed by atoms with van der Waals surface area (Å²) in [6.07, 6.45) is 0.130. The first-order valence-corrected chi connectivity index (χ1v) is 11.3. The second-order valence-electron chi connectivity index (χ2n) is 8.62. The van der Waals surface area contributed by atoms with Gasteiger partial charge in [-0.05, 0) is 29.3 Å². The van der Waals surface area contributed by atoms with Crippen molar-refractivity contribution in [2.24, 2.45) is 0 Å². The normalized spacial score (nSPS) is 25.8. The predicted octanol–water partition coefficient (Wildman–Crippen LogP) is 5.87. The van der Waals surface area contributed by atoms with E-state index in [0.29, 0.717) is 0 Å². The zero-order valence-electron chi connectivity index (χ0n) is 18.5. The van der Waals surface area contributed by atoms with Crippen LogP contribution in [0.25, 0.3) is 0 Å². The molecule has 0 spiro atoms. The molecule has 0 amide bonds. The van der Waals surface area contributed by atoms with E-state index in [0.717, 1.165) is 30.8 Å². The Balaban J connectivity index is 0.00000101. The van der Waals surface area contributed by atoms with Crippen LogP contribution in [0.5, 0.6) is 11.5 Å². The van der Waals surface area contributed by atoms with Gasteiger partial charge in [0.05, 0.1) is 17.3 Å². The quantitative estimate of drug-likeness (QED) is 0.400. The summed E-state index contributed by atoms with van der Waals surface area (Å²) < 4.78 is 6.46. The number of benzene rings is 4. The van der Waals surface area contributed by atoms with E-state index in [1.165, 1.54) is 16.7 Å². The van der Waals surface area contributed by atoms with E-state index in [4.69, 9.17) is 9.84 Å². The van der Waals surface area contributed by atoms with Gasteiger partial charge < -0.3 is 14.7 Å². The van der Waals surface area contributed by atoms with Crippen LogP contribution >= 0.6 is 0 Å². The molecule has 3 aliphatic rings. The molecule has 7 rings (SSSR count). The first kappa shape index (κ1) is 20.0. The Labute approximate surface area is 194 Å². The first-order chi connectivity index (χ1) is 16.4. The number of aliphatic hydroxyl groups is 1. The topological polar surface area (TPSA) is 35.7 Å². The average Bonchev–Trinajstić information content (AvgIpc) is 3.59. The number of nitrogens with zero attached hydrogens (tertiary/aromatic N) is 2. The van der Waals surface area contributed by atoms with Crippen molar-refractivity contribution >= 4 is 5.69 Å². The number of ether oxygens (including phenoxy) is 1. The highest BCUT2D eigenvalue weighted by Gasteiger charge is 2.71. The van der Waals surface area contributed by atoms with Crippen molar-refractivity contribution < 1.29 is 9.84 Å². The fourth-order valence-electron chi connectivity index (χ4n) is 5.76. The van der Waals surface area contributed by atoms with Crippen LogP contribution in [0, 0.1) is 0 Å². The van der Waals surface area contributed by atoms with Crippen LogP contribution in [0.3, 0.4) is 0 Å². The Kier molecular flexibility index (Phi) is 4.72. The van der Waals surface area contributed by atoms with E-state index in [-0.39, 0.29) is 17.7 Å². The molecule has 33 heavy (non-hydrogen) atoms. The van der Waals surface area contributed by atoms with E-state index in [2.05, 4.69) is 119 Å². The molecule has 2 saturated heterocycles. The maximum atomic E-state index is 7.00. The van der Waals surface area contributed by atoms with Crippen LogP contribution in [-0.4, -0.2) is 23.7 Å². The monoisotopic (exact) mass is 434 g/mol. The summed E-state index contributed by atoms with van der Waals surface area (Å²) in [5.74, 6) is 1.87. The number of aliphatic hydroxyl groups excluding tert-OH is 1. The van der Waals surface area contributed by atoms with Crippen molar-refractivity contribution in [3.8, 4) is 11.5 Å². The number of hydrogen-bond acceptors (Lipinski definition) is 4. The van der Waals surface area contributed by atoms with E-state index in [9.17, 15) is 0 Å². The van der Waals surface area contributed by atoms with Gasteiger partial charge in [0.2, 0.25) is 0 Å². The van der Waals surface area contributed by atoms with Crippen molar-refractivity contribution in [2.75, 3.05) is 18.6 Å². The summed E-state index contributed by atoms with van der Waals surface area (Å²) in [5, 5.41) is 7.00. The summed E-state index contributed by atoms with van der Waals surface area (Å²) in [6.45, 7) is 1.04. The molecule has 3 heterocycles. The number of hydrogen-bond donors (Lipinski definition) is 1. The van der Waals surface area contributed by atoms with Crippen LogP contribution in [0.4, 0.5) is 5.69 Å². The van der Waals surface area contributed by atoms with E-state index >= 15 is 0 Å². The number of fused-ring (bicyclic) bond motifs is 7. The van der Waals surface area contributed by atoms with Gasteiger partial charge in [-0.2, -0.15) is 0 Å². The molecule has 1 unspecified atom stereocenters. The summed E-state index contributed by atoms with van der Waals surface area (Å²) in [5.41, 5.74) is 5.05. The van der Waals surface area contributed by atoms with Crippen molar-refractivity contribution in [3.63, 3.8) is 0 Å². The van der Waals surface area contributed by atoms with Crippen molar-refractivity contribution in [2.45, 2.75) is 17.7 Å². The minimum Gasteiger partial charge on any atom is -0.455 e. The highest BCUT2D eigenvalue weighted by molar-refractivity contribution is 5.69. The average molecular weight is 435 g/mol. The van der Waals surface area contributed by atoms with Crippen LogP contribution in [-0.2, 0) is 5.54 Å². The maximum Gasteiger partial charge on any atom is 0.150 e. The van der Waals surface area contributed by atoms with Gasteiger partial charge >= 0.3 is 0 Å². The van der Waals surface area contributed by atoms with Gasteiger partial charge in [-0.25, -0.2) is 0 Å². The van der Waals surface area contributed by atoms with Gasteiger partial charge in [0.25, 0.3) is 0 Å². The second kappa shape index (κ2) is 7.77. The van der Waals surface area contributed by atoms with Crippen LogP contribution in [0.15, 0.2) is 109 Å². The Hall–Kier alpha value is -3.60. The minimum atomic E-state index is -0.0508. The third kappa shape index (κ3) is 2.85. The fraction of sp³-hybridized carbons (Fsp3) is 0.172. The zero-order valence-corrected chi connectivity index (χ0v) is 18.5. The maximum absolute atomic E-state index is 7.00. The molecule has 0 bridgehead atoms. The molecule has 4 aromatic rings. The molecule has 0 aromatic heterocycles. The molecule has 1 N–H and O–H groups in total. The fourth-order valence-corrected chi connectivity index (χ4v) is 5.76. The molecular weight excluding hydrogens is 408 g/mol. The van der Waals surface area contributed by atoms with Gasteiger partial charge in [0.1, 0.15) is 11.9 Å². The molecule has 3 aliphatic heterocycles. The van der Waals surface area contributed by atoms with Crippen molar-refractivity contribution in [3.05, 3.63) is 126 Å². The van der Waals surface area contributed by atoms with E-state index < -0.39 is 0 Å². The lowest BCUT2D eigenvalue weighted by molar-refractivity contribution is 0.397. The van der Waals surface area contributed by atoms with Gasteiger partial charge in [0.15, 0.2) is 5.75 Å². The van der Waals surface area contributed by atoms with E-state index in [1.807, 2.05) is 0 Å². The second-order valence-corrected chi connectivity index (χ2v) is 8.62. The van der Waals surface area contributed by atoms with Gasteiger partial charge in [0, 0.05) is 19.2 Å². The highest BCUT2D eigenvalue weighted by atomic mass is 16.5. The van der Waals surface area contributed by atoms with Crippen molar-refractivity contribution in [1.82, 2.24) is 4.90 Å². The predicted molar refractivity (Wildman–Crippen MR) is 130 cm³/mol. The molecule has 4 aromatic carbocycles. The lowest BCUT2D eigenvalue weighted by Gasteiger charge is -2.36. The van der Waals surface area contributed by atoms with Gasteiger partial charge in [-0.3, -0.25) is 4.90 Å². The number of anilines is 1. The van der Waals surface area contributed by atoms with Crippen molar-refractivity contribution in [1.29, 1.82) is 0 Å². The Morgan fingerprint density at radius 3 is 2.09 bits per heavy atom. The van der Waals surface area contributed by atoms with Gasteiger partial charge in [-0.1, -0.05) is 91.0 Å². The zero-order chi connectivity index (χ0) is 22.4. The first-order valence-electron chi connectivity index (χ1n) is 11.3. The number of rotatable bonds is 2. The highest BCUT2D eigenvalue weighted by Crippen LogP contribution is 2.68. The molecule has 4 atom stereocenters. The molecule has 0 saturated carbocycles. The van der Waals surface area contributed by atoms with Gasteiger partial charge in [-0.15, -0.1) is 0 Å². The molecular formula is C29H26N2O2. The molecule has 4 heteroatoms. The van der Waals surface area contributed by atoms with Crippen LogP contribution < -0.4 is 9.64 Å². The molecule has 0 aliphatic carbocycles. The lowest BCUT2D eigenvalue weighted by atomic mass is 9.86. The Morgan fingerprint density at radius 2 is 1.33 bits per heavy atom. The molecule has 0 radical (unpaired) electrons. The summed E-state index contributed by atoms with van der Waals surface area (Å²) >= 11 is 0. The SMILES string of the molecule is CO.c1ccc([C@H]2N3c4ccccc4Oc4ccccc4[C@H]3N3C[C@@]23c2ccccc2)cc1. The lowest BCUT2D eigenvalue weighted by Crippen LogP contribution is -2.34. The molecule has 2 fully saturated rings. The Bertz CT molecular complexity index is 1280. The minimum absolute atomic E-state index is 0.0508. The largest absolute Gasteiger partial charge is 0.455 e. The molecule has 164 valence electrons. The Morgan fingerprint density at radius 1 is 0.727 bits per heavy atom. The van der Waals surface area contributed by atoms with Crippen LogP contribution in [0.1, 0.15) is 28.9 Å². The molecule has 4 nitrogen and oxygen atoms in total. The standard InChI is InChI=1S/C28H22N2O.CH4O/c1-3-11-20(12-4-1)26-28(21-13-5-2-6-14-21)19-29(28)27-22-15-7-9-17-24(22)31-25-18-10-8-16-23(25)30(26)27;1-2/h1-18,26-27H,19H2;2H,1H3/t26-,27+,28-,29?;/m1./s1. The van der Waals surface area contributed by atoms with E-state index in [1.54, 1.807) is 0 Å². The third-order valence-electron chi connectivity index (χ3n) is 7.06. The summed E-state index contributed by atoms with van der Waals surface area (Å²) in [7, 11) is 1.00. The summed E-state index contributed by atoms with van der Waals surface area (Å²) in [4.78, 5) is 5.23.